The monoisotopic (exact) mass is 240 g/mol. The number of hydrogen-bond acceptors (Lipinski definition) is 1. The zero-order valence-corrected chi connectivity index (χ0v) is 9.94. The van der Waals surface area contributed by atoms with E-state index >= 15 is 0 Å². The summed E-state index contributed by atoms with van der Waals surface area (Å²) in [7, 11) is 0. The van der Waals surface area contributed by atoms with Crippen LogP contribution in [0.25, 0.3) is 10.8 Å². The Balaban J connectivity index is 0.00000144. The van der Waals surface area contributed by atoms with Gasteiger partial charge in [-0.3, -0.25) is 0 Å². The van der Waals surface area contributed by atoms with Gasteiger partial charge in [-0.05, 0) is 23.8 Å². The van der Waals surface area contributed by atoms with E-state index in [1.807, 2.05) is 12.1 Å². The number of ether oxygens (including phenoxy) is 1. The standard InChI is InChI=1S/C15H18O.Mg.2H/c1-12(2)10-11-16-15-9-5-7-13-6-3-4-8-14(13)15;;;/h3-9,12H,10-11H2,1-2H3;;;. The summed E-state index contributed by atoms with van der Waals surface area (Å²) >= 11 is 0. The van der Waals surface area contributed by atoms with Crippen LogP contribution in [0.15, 0.2) is 42.5 Å². The highest BCUT2D eigenvalue weighted by Crippen LogP contribution is 2.25. The molecule has 0 bridgehead atoms. The molecule has 0 amide bonds. The summed E-state index contributed by atoms with van der Waals surface area (Å²) in [6, 6.07) is 14.5. The van der Waals surface area contributed by atoms with Gasteiger partial charge in [0, 0.05) is 5.39 Å². The van der Waals surface area contributed by atoms with Gasteiger partial charge in [0.25, 0.3) is 0 Å². The quantitative estimate of drug-likeness (QED) is 0.745. The Hall–Kier alpha value is -0.734. The van der Waals surface area contributed by atoms with Crippen LogP contribution in [0.3, 0.4) is 0 Å². The molecule has 0 saturated carbocycles. The van der Waals surface area contributed by atoms with E-state index in [0.717, 1.165) is 18.8 Å². The first-order chi connectivity index (χ1) is 7.77. The van der Waals surface area contributed by atoms with E-state index in [1.165, 1.54) is 10.8 Å². The van der Waals surface area contributed by atoms with Crippen molar-refractivity contribution in [3.8, 4) is 5.75 Å². The van der Waals surface area contributed by atoms with Crippen molar-refractivity contribution in [2.24, 2.45) is 5.92 Å². The first-order valence-electron chi connectivity index (χ1n) is 5.88. The molecule has 0 aliphatic carbocycles. The molecule has 0 heterocycles. The molecule has 0 unspecified atom stereocenters. The van der Waals surface area contributed by atoms with Gasteiger partial charge in [-0.1, -0.05) is 50.2 Å². The highest BCUT2D eigenvalue weighted by molar-refractivity contribution is 5.88. The van der Waals surface area contributed by atoms with Gasteiger partial charge in [0.05, 0.1) is 6.61 Å². The van der Waals surface area contributed by atoms with Crippen LogP contribution in [0.4, 0.5) is 0 Å². The van der Waals surface area contributed by atoms with Gasteiger partial charge in [0.15, 0.2) is 0 Å². The molecule has 2 heteroatoms. The van der Waals surface area contributed by atoms with E-state index in [1.54, 1.807) is 0 Å². The Morgan fingerprint density at radius 3 is 2.47 bits per heavy atom. The molecule has 0 aliphatic heterocycles. The third kappa shape index (κ3) is 3.89. The van der Waals surface area contributed by atoms with Crippen LogP contribution in [-0.2, 0) is 0 Å². The maximum absolute atomic E-state index is 5.83. The van der Waals surface area contributed by atoms with Crippen molar-refractivity contribution >= 4 is 33.8 Å². The zero-order chi connectivity index (χ0) is 11.4. The summed E-state index contributed by atoms with van der Waals surface area (Å²) in [6.45, 7) is 5.23. The SMILES string of the molecule is CC(C)CCOc1cccc2ccccc12.[MgH2]. The molecule has 0 fully saturated rings. The number of benzene rings is 2. The van der Waals surface area contributed by atoms with Crippen molar-refractivity contribution in [3.05, 3.63) is 42.5 Å². The predicted octanol–water partition coefficient (Wildman–Crippen LogP) is 3.35. The van der Waals surface area contributed by atoms with Crippen LogP contribution in [-0.4, -0.2) is 29.7 Å². The normalized spacial score (nSPS) is 10.3. The molecule has 0 N–H and O–H groups in total. The maximum atomic E-state index is 5.83. The van der Waals surface area contributed by atoms with Crippen LogP contribution in [0.1, 0.15) is 20.3 Å². The second-order valence-electron chi connectivity index (χ2n) is 4.51. The summed E-state index contributed by atoms with van der Waals surface area (Å²) in [6.07, 6.45) is 1.10. The molecule has 0 radical (unpaired) electrons. The van der Waals surface area contributed by atoms with E-state index in [4.69, 9.17) is 4.74 Å². The average molecular weight is 241 g/mol. The molecule has 0 aliphatic rings. The molecule has 2 rings (SSSR count). The van der Waals surface area contributed by atoms with Crippen LogP contribution in [0.5, 0.6) is 5.75 Å². The molecule has 2 aromatic carbocycles. The van der Waals surface area contributed by atoms with Crippen LogP contribution < -0.4 is 4.74 Å². The summed E-state index contributed by atoms with van der Waals surface area (Å²) < 4.78 is 5.83. The third-order valence-electron chi connectivity index (χ3n) is 2.70. The minimum absolute atomic E-state index is 0. The Morgan fingerprint density at radius 1 is 1.00 bits per heavy atom. The fourth-order valence-corrected chi connectivity index (χ4v) is 1.73. The van der Waals surface area contributed by atoms with Gasteiger partial charge >= 0.3 is 23.1 Å². The van der Waals surface area contributed by atoms with Crippen molar-refractivity contribution < 1.29 is 4.74 Å². The molecule has 0 saturated heterocycles. The van der Waals surface area contributed by atoms with Crippen molar-refractivity contribution in [1.82, 2.24) is 0 Å². The molecule has 0 spiro atoms. The highest BCUT2D eigenvalue weighted by Gasteiger charge is 2.01. The van der Waals surface area contributed by atoms with Crippen LogP contribution in [0.2, 0.25) is 0 Å². The molecule has 17 heavy (non-hydrogen) atoms. The van der Waals surface area contributed by atoms with Gasteiger partial charge < -0.3 is 4.74 Å². The fourth-order valence-electron chi connectivity index (χ4n) is 1.73. The van der Waals surface area contributed by atoms with E-state index < -0.39 is 0 Å². The fraction of sp³-hybridized carbons (Fsp3) is 0.333. The first kappa shape index (κ1) is 14.3. The summed E-state index contributed by atoms with van der Waals surface area (Å²) in [5, 5.41) is 2.44. The lowest BCUT2D eigenvalue weighted by atomic mass is 10.1. The van der Waals surface area contributed by atoms with Crippen LogP contribution >= 0.6 is 0 Å². The lowest BCUT2D eigenvalue weighted by molar-refractivity contribution is 0.292. The lowest BCUT2D eigenvalue weighted by Crippen LogP contribution is -2.01. The smallest absolute Gasteiger partial charge is 0.316 e. The van der Waals surface area contributed by atoms with Crippen molar-refractivity contribution in [1.29, 1.82) is 0 Å². The summed E-state index contributed by atoms with van der Waals surface area (Å²) in [5.41, 5.74) is 0. The zero-order valence-electron chi connectivity index (χ0n) is 9.94. The Labute approximate surface area is 119 Å². The lowest BCUT2D eigenvalue weighted by Gasteiger charge is -2.10. The van der Waals surface area contributed by atoms with E-state index in [9.17, 15) is 0 Å². The minimum atomic E-state index is 0. The molecule has 88 valence electrons. The van der Waals surface area contributed by atoms with Crippen molar-refractivity contribution in [2.75, 3.05) is 6.61 Å². The Morgan fingerprint density at radius 2 is 1.71 bits per heavy atom. The van der Waals surface area contributed by atoms with E-state index in [-0.39, 0.29) is 23.1 Å². The van der Waals surface area contributed by atoms with Gasteiger partial charge in [-0.25, -0.2) is 0 Å². The molecule has 1 nitrogen and oxygen atoms in total. The molecule has 0 aromatic heterocycles. The summed E-state index contributed by atoms with van der Waals surface area (Å²) in [4.78, 5) is 0. The topological polar surface area (TPSA) is 9.23 Å². The summed E-state index contributed by atoms with van der Waals surface area (Å²) in [5.74, 6) is 1.69. The first-order valence-corrected chi connectivity index (χ1v) is 5.88. The number of rotatable bonds is 4. The van der Waals surface area contributed by atoms with E-state index in [2.05, 4.69) is 44.2 Å². The average Bonchev–Trinajstić information content (AvgIpc) is 2.29. The number of hydrogen-bond donors (Lipinski definition) is 0. The van der Waals surface area contributed by atoms with Gasteiger partial charge in [-0.2, -0.15) is 0 Å². The van der Waals surface area contributed by atoms with Gasteiger partial charge in [0.1, 0.15) is 5.75 Å². The van der Waals surface area contributed by atoms with Crippen LogP contribution in [0, 0.1) is 5.92 Å². The molecular formula is C15H20MgO. The van der Waals surface area contributed by atoms with E-state index in [0.29, 0.717) is 5.92 Å². The second kappa shape index (κ2) is 6.87. The molecular weight excluding hydrogens is 220 g/mol. The Bertz CT molecular complexity index is 460. The van der Waals surface area contributed by atoms with Gasteiger partial charge in [0.2, 0.25) is 0 Å². The van der Waals surface area contributed by atoms with Gasteiger partial charge in [-0.15, -0.1) is 0 Å². The minimum Gasteiger partial charge on any atom is -0.493 e. The highest BCUT2D eigenvalue weighted by atomic mass is 24.3. The predicted molar refractivity (Wildman–Crippen MR) is 77.4 cm³/mol. The van der Waals surface area contributed by atoms with Crippen molar-refractivity contribution in [3.63, 3.8) is 0 Å². The number of fused-ring (bicyclic) bond motifs is 1. The largest absolute Gasteiger partial charge is 0.493 e. The second-order valence-corrected chi connectivity index (χ2v) is 4.51. The maximum Gasteiger partial charge on any atom is 0.316 e. The third-order valence-corrected chi connectivity index (χ3v) is 2.70. The molecule has 0 atom stereocenters. The van der Waals surface area contributed by atoms with Crippen molar-refractivity contribution in [2.45, 2.75) is 20.3 Å². The Kier molecular flexibility index (Phi) is 5.79. The molecule has 2 aromatic rings.